The molecule has 0 atom stereocenters. The van der Waals surface area contributed by atoms with E-state index in [9.17, 15) is 4.79 Å². The number of carbonyl (C=O) groups excluding carboxylic acids is 1. The number of carbonyl (C=O) groups is 1. The van der Waals surface area contributed by atoms with Crippen molar-refractivity contribution < 1.29 is 14.3 Å². The minimum atomic E-state index is -0.235. The Morgan fingerprint density at radius 2 is 1.85 bits per heavy atom. The smallest absolute Gasteiger partial charge is 0.271 e. The summed E-state index contributed by atoms with van der Waals surface area (Å²) in [6, 6.07) is 12.8. The van der Waals surface area contributed by atoms with Crippen molar-refractivity contribution in [2.75, 3.05) is 19.5 Å². The lowest BCUT2D eigenvalue weighted by Crippen LogP contribution is -2.23. The van der Waals surface area contributed by atoms with Crippen molar-refractivity contribution in [1.29, 1.82) is 0 Å². The first-order valence-electron chi connectivity index (χ1n) is 8.06. The number of methoxy groups -OCH3 is 2. The fraction of sp³-hybridized carbons (Fsp3) is 0.158. The van der Waals surface area contributed by atoms with Crippen molar-refractivity contribution in [3.05, 3.63) is 64.1 Å². The minimum Gasteiger partial charge on any atom is -0.493 e. The second-order valence-corrected chi connectivity index (χ2v) is 6.84. The molecule has 6 nitrogen and oxygen atoms in total. The fourth-order valence-electron chi connectivity index (χ4n) is 2.35. The fourth-order valence-corrected chi connectivity index (χ4v) is 3.18. The zero-order chi connectivity index (χ0) is 19.2. The maximum atomic E-state index is 12.3. The number of rotatable bonds is 7. The first-order chi connectivity index (χ1) is 13.1. The van der Waals surface area contributed by atoms with E-state index < -0.39 is 0 Å². The average molecular weight is 404 g/mol. The zero-order valence-corrected chi connectivity index (χ0v) is 16.4. The van der Waals surface area contributed by atoms with Crippen LogP contribution in [0, 0.1) is 0 Å². The number of halogens is 1. The van der Waals surface area contributed by atoms with Gasteiger partial charge in [-0.3, -0.25) is 4.79 Å². The number of thiazole rings is 1. The van der Waals surface area contributed by atoms with E-state index in [-0.39, 0.29) is 5.91 Å². The van der Waals surface area contributed by atoms with Crippen LogP contribution in [0.2, 0.25) is 5.02 Å². The molecule has 0 fully saturated rings. The monoisotopic (exact) mass is 403 g/mol. The molecule has 0 aliphatic carbocycles. The van der Waals surface area contributed by atoms with E-state index in [1.165, 1.54) is 11.3 Å². The number of amides is 1. The summed E-state index contributed by atoms with van der Waals surface area (Å²) in [5.41, 5.74) is 2.11. The van der Waals surface area contributed by atoms with Crippen LogP contribution in [0.4, 0.5) is 10.8 Å². The lowest BCUT2D eigenvalue weighted by atomic mass is 10.2. The third-order valence-corrected chi connectivity index (χ3v) is 4.75. The highest BCUT2D eigenvalue weighted by Crippen LogP contribution is 2.31. The number of benzene rings is 2. The van der Waals surface area contributed by atoms with Crippen molar-refractivity contribution in [3.8, 4) is 11.5 Å². The number of hydrogen-bond donors (Lipinski definition) is 2. The lowest BCUT2D eigenvalue weighted by molar-refractivity contribution is 0.0946. The molecule has 1 amide bonds. The molecule has 8 heteroatoms. The van der Waals surface area contributed by atoms with Crippen LogP contribution >= 0.6 is 22.9 Å². The molecule has 27 heavy (non-hydrogen) atoms. The van der Waals surface area contributed by atoms with E-state index in [0.29, 0.717) is 33.9 Å². The molecular weight excluding hydrogens is 386 g/mol. The molecule has 0 saturated heterocycles. The van der Waals surface area contributed by atoms with Crippen molar-refractivity contribution in [2.24, 2.45) is 0 Å². The Bertz CT molecular complexity index is 928. The van der Waals surface area contributed by atoms with Gasteiger partial charge in [0.25, 0.3) is 5.91 Å². The second kappa shape index (κ2) is 8.75. The van der Waals surface area contributed by atoms with Gasteiger partial charge in [-0.2, -0.15) is 0 Å². The zero-order valence-electron chi connectivity index (χ0n) is 14.8. The molecule has 2 N–H and O–H groups in total. The Hall–Kier alpha value is -2.77. The summed E-state index contributed by atoms with van der Waals surface area (Å²) in [6.07, 6.45) is 0. The van der Waals surface area contributed by atoms with Crippen molar-refractivity contribution in [3.63, 3.8) is 0 Å². The van der Waals surface area contributed by atoms with E-state index in [1.54, 1.807) is 43.9 Å². The number of aromatic nitrogens is 1. The number of ether oxygens (including phenoxy) is 2. The molecule has 1 aromatic heterocycles. The molecule has 2 aromatic carbocycles. The number of hydrogen-bond acceptors (Lipinski definition) is 6. The third-order valence-electron chi connectivity index (χ3n) is 3.74. The molecule has 3 rings (SSSR count). The van der Waals surface area contributed by atoms with Crippen LogP contribution in [0.1, 0.15) is 16.1 Å². The molecule has 0 aliphatic rings. The quantitative estimate of drug-likeness (QED) is 0.608. The van der Waals surface area contributed by atoms with Gasteiger partial charge in [0.2, 0.25) is 0 Å². The van der Waals surface area contributed by atoms with Gasteiger partial charge in [-0.25, -0.2) is 4.98 Å². The highest BCUT2D eigenvalue weighted by atomic mass is 35.5. The van der Waals surface area contributed by atoms with E-state index in [0.717, 1.165) is 11.3 Å². The van der Waals surface area contributed by atoms with E-state index >= 15 is 0 Å². The van der Waals surface area contributed by atoms with Crippen LogP contribution < -0.4 is 20.1 Å². The summed E-state index contributed by atoms with van der Waals surface area (Å²) < 4.78 is 10.5. The first kappa shape index (κ1) is 19.0. The second-order valence-electron chi connectivity index (χ2n) is 5.54. The lowest BCUT2D eigenvalue weighted by Gasteiger charge is -2.09. The highest BCUT2D eigenvalue weighted by Gasteiger charge is 2.12. The van der Waals surface area contributed by atoms with E-state index in [2.05, 4.69) is 15.6 Å². The van der Waals surface area contributed by atoms with Gasteiger partial charge in [-0.1, -0.05) is 23.7 Å². The van der Waals surface area contributed by atoms with Gasteiger partial charge in [0, 0.05) is 28.7 Å². The van der Waals surface area contributed by atoms with E-state index in [1.807, 2.05) is 18.2 Å². The summed E-state index contributed by atoms with van der Waals surface area (Å²) in [5, 5.41) is 8.99. The van der Waals surface area contributed by atoms with Crippen LogP contribution in [-0.4, -0.2) is 25.1 Å². The Morgan fingerprint density at radius 3 is 2.56 bits per heavy atom. The van der Waals surface area contributed by atoms with Crippen LogP contribution in [0.3, 0.4) is 0 Å². The summed E-state index contributed by atoms with van der Waals surface area (Å²) in [5.74, 6) is 1.02. The number of nitrogens with zero attached hydrogens (tertiary/aromatic N) is 1. The molecule has 140 valence electrons. The van der Waals surface area contributed by atoms with Crippen LogP contribution in [0.25, 0.3) is 0 Å². The van der Waals surface area contributed by atoms with Crippen molar-refractivity contribution >= 4 is 39.7 Å². The van der Waals surface area contributed by atoms with Gasteiger partial charge in [-0.05, 0) is 29.8 Å². The maximum Gasteiger partial charge on any atom is 0.271 e. The normalized spacial score (nSPS) is 10.3. The Kier molecular flexibility index (Phi) is 6.16. The van der Waals surface area contributed by atoms with Crippen LogP contribution in [0.5, 0.6) is 11.5 Å². The van der Waals surface area contributed by atoms with Crippen molar-refractivity contribution in [2.45, 2.75) is 6.54 Å². The molecule has 0 saturated carbocycles. The molecule has 0 aliphatic heterocycles. The van der Waals surface area contributed by atoms with Gasteiger partial charge in [0.05, 0.1) is 14.2 Å². The first-order valence-corrected chi connectivity index (χ1v) is 9.32. The Balaban J connectivity index is 1.62. The molecule has 3 aromatic rings. The van der Waals surface area contributed by atoms with Crippen LogP contribution in [-0.2, 0) is 6.54 Å². The standard InChI is InChI=1S/C19H18ClN3O3S/c1-25-16-8-7-14(9-17(16)26-2)22-19-23-15(11-27-19)18(24)21-10-12-3-5-13(20)6-4-12/h3-9,11H,10H2,1-2H3,(H,21,24)(H,22,23). The largest absolute Gasteiger partial charge is 0.493 e. The van der Waals surface area contributed by atoms with Gasteiger partial charge in [0.15, 0.2) is 16.6 Å². The topological polar surface area (TPSA) is 72.5 Å². The number of anilines is 2. The van der Waals surface area contributed by atoms with Crippen LogP contribution in [0.15, 0.2) is 47.8 Å². The molecule has 0 spiro atoms. The molecule has 0 radical (unpaired) electrons. The van der Waals surface area contributed by atoms with Gasteiger partial charge >= 0.3 is 0 Å². The van der Waals surface area contributed by atoms with Gasteiger partial charge in [0.1, 0.15) is 5.69 Å². The van der Waals surface area contributed by atoms with Gasteiger partial charge < -0.3 is 20.1 Å². The number of nitrogens with one attached hydrogen (secondary N) is 2. The summed E-state index contributed by atoms with van der Waals surface area (Å²) in [7, 11) is 3.16. The SMILES string of the molecule is COc1ccc(Nc2nc(C(=O)NCc3ccc(Cl)cc3)cs2)cc1OC. The third kappa shape index (κ3) is 4.90. The molecule has 0 bridgehead atoms. The summed E-state index contributed by atoms with van der Waals surface area (Å²) in [6.45, 7) is 0.409. The minimum absolute atomic E-state index is 0.235. The molecule has 1 heterocycles. The van der Waals surface area contributed by atoms with E-state index in [4.69, 9.17) is 21.1 Å². The molecule has 0 unspecified atom stereocenters. The highest BCUT2D eigenvalue weighted by molar-refractivity contribution is 7.14. The average Bonchev–Trinajstić information content (AvgIpc) is 3.15. The predicted molar refractivity (Wildman–Crippen MR) is 108 cm³/mol. The molecular formula is C19H18ClN3O3S. The summed E-state index contributed by atoms with van der Waals surface area (Å²) in [4.78, 5) is 16.6. The predicted octanol–water partition coefficient (Wildman–Crippen LogP) is 4.49. The van der Waals surface area contributed by atoms with Gasteiger partial charge in [-0.15, -0.1) is 11.3 Å². The Labute approximate surface area is 166 Å². The summed E-state index contributed by atoms with van der Waals surface area (Å²) >= 11 is 7.20. The maximum absolute atomic E-state index is 12.3. The Morgan fingerprint density at radius 1 is 1.11 bits per heavy atom. The van der Waals surface area contributed by atoms with Crippen molar-refractivity contribution in [1.82, 2.24) is 10.3 Å².